The van der Waals surface area contributed by atoms with Gasteiger partial charge in [0.1, 0.15) is 0 Å². The molecule has 1 saturated heterocycles. The summed E-state index contributed by atoms with van der Waals surface area (Å²) in [5, 5.41) is 14.5. The van der Waals surface area contributed by atoms with Crippen molar-refractivity contribution in [1.82, 2.24) is 19.7 Å². The predicted molar refractivity (Wildman–Crippen MR) is 137 cm³/mol. The highest BCUT2D eigenvalue weighted by atomic mass is 32.1. The van der Waals surface area contributed by atoms with Crippen molar-refractivity contribution < 1.29 is 9.47 Å². The van der Waals surface area contributed by atoms with Crippen LogP contribution < -0.4 is 19.7 Å². The van der Waals surface area contributed by atoms with Crippen molar-refractivity contribution in [2.45, 2.75) is 44.7 Å². The number of benzene rings is 1. The number of anilines is 2. The Morgan fingerprint density at radius 3 is 2.47 bits per heavy atom. The highest BCUT2D eigenvalue weighted by molar-refractivity contribution is 7.17. The van der Waals surface area contributed by atoms with Gasteiger partial charge in [-0.3, -0.25) is 9.47 Å². The Labute approximate surface area is 205 Å². The molecule has 2 fully saturated rings. The van der Waals surface area contributed by atoms with Crippen molar-refractivity contribution in [2.75, 3.05) is 50.6 Å². The van der Waals surface area contributed by atoms with Crippen LogP contribution in [0.1, 0.15) is 37.8 Å². The highest BCUT2D eigenvalue weighted by Crippen LogP contribution is 2.31. The average Bonchev–Trinajstić information content (AvgIpc) is 3.57. The summed E-state index contributed by atoms with van der Waals surface area (Å²) < 4.78 is 12.9. The van der Waals surface area contributed by atoms with E-state index < -0.39 is 0 Å². The van der Waals surface area contributed by atoms with Gasteiger partial charge in [-0.1, -0.05) is 30.6 Å². The van der Waals surface area contributed by atoms with Gasteiger partial charge in [0.05, 0.1) is 20.8 Å². The van der Waals surface area contributed by atoms with E-state index in [4.69, 9.17) is 9.47 Å². The standard InChI is InChI=1S/C25H34N6O2S/c1-32-22-11-10-19(17-23(22)33-2)26-18-21-9-6-12-31(21)25-28-27-24(34-25)30-15-13-29(14-16-30)20-7-4-3-5-8-20/h6,9-12,17,20,26H,3-5,7-8,13-16,18H2,1-2H3. The Morgan fingerprint density at radius 2 is 1.71 bits per heavy atom. The summed E-state index contributed by atoms with van der Waals surface area (Å²) in [6.07, 6.45) is 9.00. The van der Waals surface area contributed by atoms with Crippen molar-refractivity contribution in [3.8, 4) is 16.6 Å². The number of rotatable bonds is 8. The Balaban J connectivity index is 1.20. The Morgan fingerprint density at radius 1 is 0.941 bits per heavy atom. The minimum Gasteiger partial charge on any atom is -0.493 e. The molecule has 1 aliphatic carbocycles. The van der Waals surface area contributed by atoms with Gasteiger partial charge in [-0.05, 0) is 37.1 Å². The molecule has 0 bridgehead atoms. The van der Waals surface area contributed by atoms with Crippen molar-refractivity contribution in [1.29, 1.82) is 0 Å². The van der Waals surface area contributed by atoms with Crippen LogP contribution in [0.3, 0.4) is 0 Å². The predicted octanol–water partition coefficient (Wildman–Crippen LogP) is 4.41. The molecule has 182 valence electrons. The molecular formula is C25H34N6O2S. The molecule has 1 saturated carbocycles. The summed E-state index contributed by atoms with van der Waals surface area (Å²) in [6, 6.07) is 10.8. The summed E-state index contributed by atoms with van der Waals surface area (Å²) in [6.45, 7) is 4.99. The zero-order chi connectivity index (χ0) is 23.3. The first-order valence-corrected chi connectivity index (χ1v) is 13.0. The number of ether oxygens (including phenoxy) is 2. The third-order valence-electron chi connectivity index (χ3n) is 6.98. The number of nitrogens with zero attached hydrogens (tertiary/aromatic N) is 5. The van der Waals surface area contributed by atoms with Crippen molar-refractivity contribution in [3.05, 3.63) is 42.2 Å². The maximum Gasteiger partial charge on any atom is 0.218 e. The van der Waals surface area contributed by atoms with Crippen LogP contribution in [-0.4, -0.2) is 66.1 Å². The molecular weight excluding hydrogens is 448 g/mol. The molecule has 5 rings (SSSR count). The molecule has 9 heteroatoms. The first-order valence-electron chi connectivity index (χ1n) is 12.2. The van der Waals surface area contributed by atoms with Crippen LogP contribution in [0, 0.1) is 0 Å². The maximum absolute atomic E-state index is 5.41. The normalized spacial score (nSPS) is 17.6. The lowest BCUT2D eigenvalue weighted by molar-refractivity contribution is 0.148. The molecule has 0 amide bonds. The van der Waals surface area contributed by atoms with Crippen molar-refractivity contribution >= 4 is 22.2 Å². The van der Waals surface area contributed by atoms with E-state index in [2.05, 4.69) is 48.2 Å². The summed E-state index contributed by atoms with van der Waals surface area (Å²) in [7, 11) is 3.29. The maximum atomic E-state index is 5.41. The lowest BCUT2D eigenvalue weighted by Crippen LogP contribution is -2.50. The van der Waals surface area contributed by atoms with Crippen LogP contribution >= 0.6 is 11.3 Å². The van der Waals surface area contributed by atoms with Crippen LogP contribution in [0.25, 0.3) is 5.13 Å². The molecule has 0 spiro atoms. The number of nitrogens with one attached hydrogen (secondary N) is 1. The molecule has 1 aliphatic heterocycles. The van der Waals surface area contributed by atoms with Gasteiger partial charge < -0.3 is 19.7 Å². The largest absolute Gasteiger partial charge is 0.493 e. The second-order valence-electron chi connectivity index (χ2n) is 8.97. The lowest BCUT2D eigenvalue weighted by atomic mass is 9.94. The van der Waals surface area contributed by atoms with Gasteiger partial charge in [0.25, 0.3) is 0 Å². The van der Waals surface area contributed by atoms with E-state index in [1.807, 2.05) is 18.2 Å². The molecule has 2 aliphatic rings. The topological polar surface area (TPSA) is 67.7 Å². The van der Waals surface area contributed by atoms with E-state index in [9.17, 15) is 0 Å². The van der Waals surface area contributed by atoms with Gasteiger partial charge in [-0.15, -0.1) is 10.2 Å². The minimum atomic E-state index is 0.664. The second-order valence-corrected chi connectivity index (χ2v) is 9.91. The molecule has 34 heavy (non-hydrogen) atoms. The van der Waals surface area contributed by atoms with Gasteiger partial charge in [0.15, 0.2) is 11.5 Å². The molecule has 1 N–H and O–H groups in total. The third kappa shape index (κ3) is 5.00. The smallest absolute Gasteiger partial charge is 0.218 e. The monoisotopic (exact) mass is 482 g/mol. The number of piperazine rings is 1. The Hall–Kier alpha value is -2.78. The summed E-state index contributed by atoms with van der Waals surface area (Å²) in [5.41, 5.74) is 2.10. The van der Waals surface area contributed by atoms with Gasteiger partial charge in [0.2, 0.25) is 10.3 Å². The lowest BCUT2D eigenvalue weighted by Gasteiger charge is -2.40. The molecule has 0 unspecified atom stereocenters. The zero-order valence-corrected chi connectivity index (χ0v) is 20.9. The van der Waals surface area contributed by atoms with Crippen molar-refractivity contribution in [3.63, 3.8) is 0 Å². The van der Waals surface area contributed by atoms with Crippen LogP contribution in [0.2, 0.25) is 0 Å². The van der Waals surface area contributed by atoms with Gasteiger partial charge in [-0.25, -0.2) is 0 Å². The zero-order valence-electron chi connectivity index (χ0n) is 20.1. The molecule has 1 aromatic carbocycles. The van der Waals surface area contributed by atoms with E-state index in [1.54, 1.807) is 25.6 Å². The van der Waals surface area contributed by atoms with Crippen LogP contribution in [-0.2, 0) is 6.54 Å². The van der Waals surface area contributed by atoms with E-state index >= 15 is 0 Å². The van der Waals surface area contributed by atoms with Crippen LogP contribution in [0.15, 0.2) is 36.5 Å². The van der Waals surface area contributed by atoms with E-state index in [0.717, 1.165) is 59.6 Å². The number of hydrogen-bond acceptors (Lipinski definition) is 8. The minimum absolute atomic E-state index is 0.664. The van der Waals surface area contributed by atoms with Gasteiger partial charge in [-0.2, -0.15) is 0 Å². The number of methoxy groups -OCH3 is 2. The third-order valence-corrected chi connectivity index (χ3v) is 7.96. The van der Waals surface area contributed by atoms with E-state index in [0.29, 0.717) is 12.3 Å². The van der Waals surface area contributed by atoms with Crippen LogP contribution in [0.4, 0.5) is 10.8 Å². The van der Waals surface area contributed by atoms with Gasteiger partial charge >= 0.3 is 0 Å². The van der Waals surface area contributed by atoms with Crippen LogP contribution in [0.5, 0.6) is 11.5 Å². The summed E-state index contributed by atoms with van der Waals surface area (Å²) in [5.74, 6) is 1.43. The van der Waals surface area contributed by atoms with E-state index in [1.165, 1.54) is 32.1 Å². The fourth-order valence-corrected chi connectivity index (χ4v) is 5.96. The van der Waals surface area contributed by atoms with Gasteiger partial charge in [0, 0.05) is 55.9 Å². The first-order chi connectivity index (χ1) is 16.7. The molecule has 3 aromatic rings. The fourth-order valence-electron chi connectivity index (χ4n) is 5.04. The average molecular weight is 483 g/mol. The fraction of sp³-hybridized carbons (Fsp3) is 0.520. The summed E-state index contributed by atoms with van der Waals surface area (Å²) in [4.78, 5) is 5.09. The number of aromatic nitrogens is 3. The molecule has 3 heterocycles. The Bertz CT molecular complexity index is 1070. The molecule has 2 aromatic heterocycles. The molecule has 0 atom stereocenters. The summed E-state index contributed by atoms with van der Waals surface area (Å²) >= 11 is 1.66. The molecule has 8 nitrogen and oxygen atoms in total. The number of hydrogen-bond donors (Lipinski definition) is 1. The quantitative estimate of drug-likeness (QED) is 0.510. The van der Waals surface area contributed by atoms with Crippen molar-refractivity contribution in [2.24, 2.45) is 0 Å². The van der Waals surface area contributed by atoms with E-state index in [-0.39, 0.29) is 0 Å². The SMILES string of the molecule is COc1ccc(NCc2cccn2-c2nnc(N3CCN(C4CCCCC4)CC3)s2)cc1OC. The Kier molecular flexibility index (Phi) is 7.20. The molecule has 0 radical (unpaired) electrons. The first kappa shape index (κ1) is 23.0. The highest BCUT2D eigenvalue weighted by Gasteiger charge is 2.26. The second kappa shape index (κ2) is 10.7.